The van der Waals surface area contributed by atoms with Gasteiger partial charge in [-0.25, -0.2) is 0 Å². The number of nitrogens with zero attached hydrogens (tertiary/aromatic N) is 1. The molecule has 1 fully saturated rings. The minimum absolute atomic E-state index is 0.0214. The van der Waals surface area contributed by atoms with E-state index in [4.69, 9.17) is 39.7 Å². The number of thiocarbonyl (C=S) groups is 1. The van der Waals surface area contributed by atoms with Gasteiger partial charge in [0.05, 0.1) is 12.8 Å². The quantitative estimate of drug-likeness (QED) is 0.277. The monoisotopic (exact) mass is 518 g/mol. The van der Waals surface area contributed by atoms with Gasteiger partial charge in [0.25, 0.3) is 11.8 Å². The van der Waals surface area contributed by atoms with Crippen molar-refractivity contribution in [3.8, 4) is 23.8 Å². The van der Waals surface area contributed by atoms with Gasteiger partial charge in [0.1, 0.15) is 12.2 Å². The van der Waals surface area contributed by atoms with E-state index in [1.54, 1.807) is 30.3 Å². The number of hydrogen-bond acceptors (Lipinski definition) is 5. The fourth-order valence-electron chi connectivity index (χ4n) is 2.88. The smallest absolute Gasteiger partial charge is 0.270 e. The van der Waals surface area contributed by atoms with Crippen molar-refractivity contribution in [2.24, 2.45) is 0 Å². The number of hydrogen-bond donors (Lipinski definition) is 1. The molecule has 2 amide bonds. The predicted molar refractivity (Wildman–Crippen MR) is 127 cm³/mol. The first kappa shape index (κ1) is 22.8. The molecule has 0 spiro atoms. The van der Waals surface area contributed by atoms with Gasteiger partial charge in [0.15, 0.2) is 16.6 Å². The molecule has 0 bridgehead atoms. The van der Waals surface area contributed by atoms with E-state index in [1.165, 1.54) is 18.1 Å². The number of anilines is 1. The Kier molecular flexibility index (Phi) is 7.01. The van der Waals surface area contributed by atoms with Gasteiger partial charge in [-0.3, -0.25) is 19.8 Å². The van der Waals surface area contributed by atoms with E-state index in [2.05, 4.69) is 27.2 Å². The Hall–Kier alpha value is -2.86. The summed E-state index contributed by atoms with van der Waals surface area (Å²) in [7, 11) is 1.47. The number of ether oxygens (including phenoxy) is 2. The summed E-state index contributed by atoms with van der Waals surface area (Å²) in [5.41, 5.74) is 1.56. The second-order valence-corrected chi connectivity index (χ2v) is 8.12. The Morgan fingerprint density at radius 3 is 2.71 bits per heavy atom. The SMILES string of the molecule is C#CCOc1c(/C=C2\C(=O)NC(=S)N(c3ccc(C)c(Cl)c3)C2=O)cc(Br)cc1OC. The number of aryl methyl sites for hydroxylation is 1. The van der Waals surface area contributed by atoms with Crippen LogP contribution in [0.2, 0.25) is 5.02 Å². The molecule has 0 radical (unpaired) electrons. The first-order chi connectivity index (χ1) is 14.8. The number of benzene rings is 2. The zero-order valence-electron chi connectivity index (χ0n) is 16.5. The summed E-state index contributed by atoms with van der Waals surface area (Å²) in [5.74, 6) is 1.83. The molecule has 0 aliphatic carbocycles. The van der Waals surface area contributed by atoms with E-state index >= 15 is 0 Å². The third-order valence-corrected chi connectivity index (χ3v) is 5.53. The van der Waals surface area contributed by atoms with Crippen LogP contribution in [0.3, 0.4) is 0 Å². The van der Waals surface area contributed by atoms with Crippen LogP contribution in [0.5, 0.6) is 11.5 Å². The molecule has 0 aromatic heterocycles. The van der Waals surface area contributed by atoms with Crippen LogP contribution in [0, 0.1) is 19.3 Å². The van der Waals surface area contributed by atoms with Crippen LogP contribution in [0.25, 0.3) is 6.08 Å². The van der Waals surface area contributed by atoms with E-state index in [9.17, 15) is 9.59 Å². The molecular weight excluding hydrogens is 504 g/mol. The molecule has 1 aliphatic rings. The zero-order chi connectivity index (χ0) is 22.7. The van der Waals surface area contributed by atoms with Crippen molar-refractivity contribution in [1.29, 1.82) is 0 Å². The van der Waals surface area contributed by atoms with Gasteiger partial charge in [-0.15, -0.1) is 6.42 Å². The van der Waals surface area contributed by atoms with Gasteiger partial charge >= 0.3 is 0 Å². The molecule has 9 heteroatoms. The molecule has 31 heavy (non-hydrogen) atoms. The van der Waals surface area contributed by atoms with Crippen LogP contribution in [0.15, 0.2) is 40.4 Å². The van der Waals surface area contributed by atoms with Crippen molar-refractivity contribution in [2.75, 3.05) is 18.6 Å². The molecular formula is C22H16BrClN2O4S. The van der Waals surface area contributed by atoms with Gasteiger partial charge in [-0.1, -0.05) is 39.5 Å². The lowest BCUT2D eigenvalue weighted by Gasteiger charge is -2.29. The summed E-state index contributed by atoms with van der Waals surface area (Å²) < 4.78 is 11.6. The van der Waals surface area contributed by atoms with E-state index in [0.29, 0.717) is 32.2 Å². The fourth-order valence-corrected chi connectivity index (χ4v) is 3.79. The molecule has 6 nitrogen and oxygen atoms in total. The highest BCUT2D eigenvalue weighted by Gasteiger charge is 2.35. The van der Waals surface area contributed by atoms with Gasteiger partial charge in [-0.05, 0) is 55.0 Å². The summed E-state index contributed by atoms with van der Waals surface area (Å²) in [6.07, 6.45) is 6.71. The number of carbonyl (C=O) groups excluding carboxylic acids is 2. The van der Waals surface area contributed by atoms with Gasteiger partial charge in [0.2, 0.25) is 0 Å². The number of halogens is 2. The van der Waals surface area contributed by atoms with E-state index in [0.717, 1.165) is 5.56 Å². The average Bonchev–Trinajstić information content (AvgIpc) is 2.72. The van der Waals surface area contributed by atoms with Crippen LogP contribution in [0.1, 0.15) is 11.1 Å². The van der Waals surface area contributed by atoms with Crippen molar-refractivity contribution in [3.63, 3.8) is 0 Å². The van der Waals surface area contributed by atoms with Gasteiger partial charge < -0.3 is 9.47 Å². The highest BCUT2D eigenvalue weighted by Crippen LogP contribution is 2.37. The highest BCUT2D eigenvalue weighted by atomic mass is 79.9. The maximum atomic E-state index is 13.3. The van der Waals surface area contributed by atoms with Crippen molar-refractivity contribution in [3.05, 3.63) is 56.5 Å². The van der Waals surface area contributed by atoms with Gasteiger partial charge in [-0.2, -0.15) is 0 Å². The van der Waals surface area contributed by atoms with E-state index < -0.39 is 11.8 Å². The topological polar surface area (TPSA) is 67.9 Å². The molecule has 158 valence electrons. The summed E-state index contributed by atoms with van der Waals surface area (Å²) in [5, 5.41) is 2.97. The number of carbonyl (C=O) groups is 2. The maximum absolute atomic E-state index is 13.3. The molecule has 1 saturated heterocycles. The Morgan fingerprint density at radius 1 is 1.32 bits per heavy atom. The predicted octanol–water partition coefficient (Wildman–Crippen LogP) is 4.26. The largest absolute Gasteiger partial charge is 0.493 e. The lowest BCUT2D eigenvalue weighted by atomic mass is 10.1. The second kappa shape index (κ2) is 9.52. The Morgan fingerprint density at radius 2 is 2.06 bits per heavy atom. The van der Waals surface area contributed by atoms with Crippen LogP contribution in [0.4, 0.5) is 5.69 Å². The molecule has 2 aromatic carbocycles. The number of amides is 2. The third-order valence-electron chi connectivity index (χ3n) is 4.38. The van der Waals surface area contributed by atoms with Crippen LogP contribution < -0.4 is 19.7 Å². The summed E-state index contributed by atoms with van der Waals surface area (Å²) in [6.45, 7) is 1.82. The molecule has 1 heterocycles. The number of terminal acetylenes is 1. The first-order valence-electron chi connectivity index (χ1n) is 8.88. The summed E-state index contributed by atoms with van der Waals surface area (Å²) in [6, 6.07) is 8.44. The normalized spacial score (nSPS) is 15.0. The van der Waals surface area contributed by atoms with E-state index in [-0.39, 0.29) is 17.3 Å². The maximum Gasteiger partial charge on any atom is 0.270 e. The molecule has 3 rings (SSSR count). The van der Waals surface area contributed by atoms with Crippen molar-refractivity contribution >= 4 is 68.4 Å². The van der Waals surface area contributed by atoms with Crippen molar-refractivity contribution < 1.29 is 19.1 Å². The second-order valence-electron chi connectivity index (χ2n) is 6.41. The zero-order valence-corrected chi connectivity index (χ0v) is 19.7. The molecule has 2 aromatic rings. The number of rotatable bonds is 5. The van der Waals surface area contributed by atoms with Gasteiger partial charge in [0, 0.05) is 15.1 Å². The summed E-state index contributed by atoms with van der Waals surface area (Å²) >= 11 is 14.8. The molecule has 0 unspecified atom stereocenters. The lowest BCUT2D eigenvalue weighted by Crippen LogP contribution is -2.54. The minimum atomic E-state index is -0.633. The Balaban J connectivity index is 2.11. The molecule has 1 aliphatic heterocycles. The fraction of sp³-hybridized carbons (Fsp3) is 0.136. The lowest BCUT2D eigenvalue weighted by molar-refractivity contribution is -0.122. The van der Waals surface area contributed by atoms with Crippen LogP contribution >= 0.6 is 39.7 Å². The Labute approximate surface area is 198 Å². The van der Waals surface area contributed by atoms with E-state index in [1.807, 2.05) is 6.92 Å². The van der Waals surface area contributed by atoms with Crippen LogP contribution in [-0.4, -0.2) is 30.6 Å². The number of methoxy groups -OCH3 is 1. The Bertz CT molecular complexity index is 1170. The molecule has 1 N–H and O–H groups in total. The molecule has 0 atom stereocenters. The minimum Gasteiger partial charge on any atom is -0.493 e. The average molecular weight is 520 g/mol. The van der Waals surface area contributed by atoms with Crippen molar-refractivity contribution in [2.45, 2.75) is 6.92 Å². The summed E-state index contributed by atoms with van der Waals surface area (Å²) in [4.78, 5) is 27.1. The third kappa shape index (κ3) is 4.74. The number of nitrogens with one attached hydrogen (secondary N) is 1. The standard InChI is InChI=1S/C22H16BrClN2O4S/c1-4-7-30-19-13(8-14(23)10-18(19)29-3)9-16-20(27)25-22(31)26(21(16)28)15-6-5-12(2)17(24)11-15/h1,5-6,8-11H,7H2,2-3H3,(H,25,27,31)/b16-9+. The highest BCUT2D eigenvalue weighted by molar-refractivity contribution is 9.10. The molecule has 0 saturated carbocycles. The van der Waals surface area contributed by atoms with Crippen LogP contribution in [-0.2, 0) is 9.59 Å². The first-order valence-corrected chi connectivity index (χ1v) is 10.5. The van der Waals surface area contributed by atoms with Crippen molar-refractivity contribution in [1.82, 2.24) is 5.32 Å².